The van der Waals surface area contributed by atoms with Crippen molar-refractivity contribution >= 4 is 29.9 Å². The highest BCUT2D eigenvalue weighted by atomic mass is 127. The first-order valence-corrected chi connectivity index (χ1v) is 11.0. The van der Waals surface area contributed by atoms with Crippen LogP contribution in [0.25, 0.3) is 0 Å². The predicted octanol–water partition coefficient (Wildman–Crippen LogP) is 4.43. The van der Waals surface area contributed by atoms with Crippen molar-refractivity contribution in [3.05, 3.63) is 53.1 Å². The van der Waals surface area contributed by atoms with Gasteiger partial charge in [-0.1, -0.05) is 24.3 Å². The Bertz CT molecular complexity index is 865. The van der Waals surface area contributed by atoms with Crippen molar-refractivity contribution in [3.8, 4) is 17.2 Å². The van der Waals surface area contributed by atoms with Gasteiger partial charge in [0, 0.05) is 25.7 Å². The highest BCUT2D eigenvalue weighted by molar-refractivity contribution is 14.0. The van der Waals surface area contributed by atoms with Crippen molar-refractivity contribution in [2.75, 3.05) is 34.9 Å². The number of ether oxygens (including phenoxy) is 3. The van der Waals surface area contributed by atoms with E-state index in [0.29, 0.717) is 36.4 Å². The number of nitrogens with zero attached hydrogens (tertiary/aromatic N) is 2. The molecule has 0 heterocycles. The highest BCUT2D eigenvalue weighted by Gasteiger charge is 2.13. The molecule has 0 aliphatic heterocycles. The molecule has 0 atom stereocenters. The van der Waals surface area contributed by atoms with Gasteiger partial charge in [-0.3, -0.25) is 4.90 Å². The molecule has 0 bridgehead atoms. The minimum Gasteiger partial charge on any atom is -0.493 e. The summed E-state index contributed by atoms with van der Waals surface area (Å²) in [6.07, 6.45) is 0. The van der Waals surface area contributed by atoms with Gasteiger partial charge in [0.05, 0.1) is 27.9 Å². The number of hydrogen-bond donors (Lipinski definition) is 2. The Balaban J connectivity index is 0.00000544. The van der Waals surface area contributed by atoms with E-state index in [9.17, 15) is 0 Å². The molecule has 33 heavy (non-hydrogen) atoms. The summed E-state index contributed by atoms with van der Waals surface area (Å²) in [5.41, 5.74) is 3.55. The van der Waals surface area contributed by atoms with Gasteiger partial charge in [-0.25, -0.2) is 4.99 Å². The van der Waals surface area contributed by atoms with Gasteiger partial charge in [0.2, 0.25) is 5.75 Å². The third-order valence-electron chi connectivity index (χ3n) is 5.35. The van der Waals surface area contributed by atoms with E-state index in [1.807, 2.05) is 12.1 Å². The van der Waals surface area contributed by atoms with Crippen molar-refractivity contribution in [2.24, 2.45) is 4.99 Å². The van der Waals surface area contributed by atoms with Gasteiger partial charge in [-0.15, -0.1) is 24.0 Å². The van der Waals surface area contributed by atoms with Gasteiger partial charge in [0.1, 0.15) is 0 Å². The maximum absolute atomic E-state index is 5.45. The number of hydrogen-bond acceptors (Lipinski definition) is 5. The zero-order valence-corrected chi connectivity index (χ0v) is 23.2. The Morgan fingerprint density at radius 2 is 1.58 bits per heavy atom. The van der Waals surface area contributed by atoms with Gasteiger partial charge in [0.25, 0.3) is 0 Å². The van der Waals surface area contributed by atoms with Crippen LogP contribution in [0.3, 0.4) is 0 Å². The van der Waals surface area contributed by atoms with Crippen LogP contribution in [-0.2, 0) is 19.6 Å². The van der Waals surface area contributed by atoms with E-state index in [-0.39, 0.29) is 24.0 Å². The predicted molar refractivity (Wildman–Crippen MR) is 146 cm³/mol. The molecular weight excluding hydrogens is 531 g/mol. The van der Waals surface area contributed by atoms with Crippen LogP contribution in [0.15, 0.2) is 41.4 Å². The normalized spacial score (nSPS) is 11.2. The van der Waals surface area contributed by atoms with Crippen molar-refractivity contribution in [2.45, 2.75) is 46.4 Å². The minimum atomic E-state index is 0. The molecule has 0 radical (unpaired) electrons. The number of nitrogens with one attached hydrogen (secondary N) is 2. The van der Waals surface area contributed by atoms with Crippen LogP contribution >= 0.6 is 24.0 Å². The van der Waals surface area contributed by atoms with Crippen LogP contribution in [0.5, 0.6) is 17.2 Å². The van der Waals surface area contributed by atoms with E-state index < -0.39 is 0 Å². The Morgan fingerprint density at radius 1 is 0.970 bits per heavy atom. The first-order chi connectivity index (χ1) is 15.4. The Labute approximate surface area is 215 Å². The highest BCUT2D eigenvalue weighted by Crippen LogP contribution is 2.38. The van der Waals surface area contributed by atoms with E-state index in [1.165, 1.54) is 11.1 Å². The standard InChI is InChI=1S/C25H38N4O3.HI/c1-8-26-25(27-15-19-13-22(30-5)24(32-7)23(14-19)31-6)28-16-20-11-9-10-12-21(20)17-29(4)18(2)3;/h9-14,18H,8,15-17H2,1-7H3,(H2,26,27,28);1H. The number of guanidine groups is 1. The maximum atomic E-state index is 5.45. The Kier molecular flexibility index (Phi) is 13.0. The quantitative estimate of drug-likeness (QED) is 0.237. The van der Waals surface area contributed by atoms with Crippen LogP contribution in [0.1, 0.15) is 37.5 Å². The van der Waals surface area contributed by atoms with Crippen molar-refractivity contribution < 1.29 is 14.2 Å². The lowest BCUT2D eigenvalue weighted by molar-refractivity contribution is 0.265. The summed E-state index contributed by atoms with van der Waals surface area (Å²) in [4.78, 5) is 7.09. The Morgan fingerprint density at radius 3 is 2.09 bits per heavy atom. The van der Waals surface area contributed by atoms with Crippen molar-refractivity contribution in [1.82, 2.24) is 15.5 Å². The third kappa shape index (κ3) is 8.58. The topological polar surface area (TPSA) is 67.4 Å². The fourth-order valence-electron chi connectivity index (χ4n) is 3.25. The second-order valence-electron chi connectivity index (χ2n) is 7.86. The van der Waals surface area contributed by atoms with Gasteiger partial charge < -0.3 is 24.8 Å². The molecule has 0 fully saturated rings. The molecule has 0 aromatic heterocycles. The molecule has 0 spiro atoms. The van der Waals surface area contributed by atoms with E-state index in [1.54, 1.807) is 21.3 Å². The lowest BCUT2D eigenvalue weighted by atomic mass is 10.1. The molecule has 2 rings (SSSR count). The fraction of sp³-hybridized carbons (Fsp3) is 0.480. The molecule has 0 saturated heterocycles. The first kappa shape index (κ1) is 28.8. The van der Waals surface area contributed by atoms with Gasteiger partial charge in [-0.2, -0.15) is 0 Å². The second-order valence-corrected chi connectivity index (χ2v) is 7.86. The third-order valence-corrected chi connectivity index (χ3v) is 5.35. The van der Waals surface area contributed by atoms with Crippen molar-refractivity contribution in [1.29, 1.82) is 0 Å². The molecule has 2 aromatic rings. The maximum Gasteiger partial charge on any atom is 0.203 e. The van der Waals surface area contributed by atoms with Gasteiger partial charge in [-0.05, 0) is 56.6 Å². The summed E-state index contributed by atoms with van der Waals surface area (Å²) < 4.78 is 16.3. The molecule has 0 aliphatic rings. The van der Waals surface area contributed by atoms with Crippen LogP contribution < -0.4 is 24.8 Å². The number of benzene rings is 2. The number of aliphatic imine (C=N–C) groups is 1. The summed E-state index contributed by atoms with van der Waals surface area (Å²) in [6.45, 7) is 9.34. The first-order valence-electron chi connectivity index (χ1n) is 11.0. The van der Waals surface area contributed by atoms with Crippen LogP contribution in [0, 0.1) is 0 Å². The summed E-state index contributed by atoms with van der Waals surface area (Å²) in [5.74, 6) is 2.58. The molecule has 2 aromatic carbocycles. The lowest BCUT2D eigenvalue weighted by Gasteiger charge is -2.23. The van der Waals surface area contributed by atoms with E-state index >= 15 is 0 Å². The smallest absolute Gasteiger partial charge is 0.203 e. The molecule has 2 N–H and O–H groups in total. The van der Waals surface area contributed by atoms with E-state index in [2.05, 4.69) is 67.6 Å². The second kappa shape index (κ2) is 14.8. The van der Waals surface area contributed by atoms with Crippen LogP contribution in [0.2, 0.25) is 0 Å². The molecular formula is C25H39IN4O3. The zero-order valence-electron chi connectivity index (χ0n) is 20.9. The summed E-state index contributed by atoms with van der Waals surface area (Å²) in [6, 6.07) is 12.9. The SMILES string of the molecule is CCNC(=NCc1cc(OC)c(OC)c(OC)c1)NCc1ccccc1CN(C)C(C)C.I. The largest absolute Gasteiger partial charge is 0.493 e. The summed E-state index contributed by atoms with van der Waals surface area (Å²) in [5, 5.41) is 6.79. The summed E-state index contributed by atoms with van der Waals surface area (Å²) in [7, 11) is 6.98. The molecule has 0 saturated carbocycles. The zero-order chi connectivity index (χ0) is 23.5. The van der Waals surface area contributed by atoms with Crippen molar-refractivity contribution in [3.63, 3.8) is 0 Å². The Hall–Kier alpha value is -2.20. The number of halogens is 1. The average Bonchev–Trinajstić information content (AvgIpc) is 2.80. The lowest BCUT2D eigenvalue weighted by Crippen LogP contribution is -2.37. The molecule has 8 heteroatoms. The van der Waals surface area contributed by atoms with Crippen LogP contribution in [0.4, 0.5) is 0 Å². The van der Waals surface area contributed by atoms with Gasteiger partial charge >= 0.3 is 0 Å². The number of methoxy groups -OCH3 is 3. The monoisotopic (exact) mass is 570 g/mol. The van der Waals surface area contributed by atoms with E-state index in [0.717, 1.165) is 24.6 Å². The molecule has 0 unspecified atom stereocenters. The minimum absolute atomic E-state index is 0. The van der Waals surface area contributed by atoms with Crippen LogP contribution in [-0.4, -0.2) is 51.8 Å². The summed E-state index contributed by atoms with van der Waals surface area (Å²) >= 11 is 0. The molecule has 7 nitrogen and oxygen atoms in total. The molecule has 0 aliphatic carbocycles. The van der Waals surface area contributed by atoms with Gasteiger partial charge in [0.15, 0.2) is 17.5 Å². The molecule has 184 valence electrons. The van der Waals surface area contributed by atoms with E-state index in [4.69, 9.17) is 19.2 Å². The fourth-order valence-corrected chi connectivity index (χ4v) is 3.25. The number of rotatable bonds is 11. The average molecular weight is 571 g/mol. The molecule has 0 amide bonds.